The Morgan fingerprint density at radius 1 is 1.52 bits per heavy atom. The van der Waals surface area contributed by atoms with E-state index in [1.165, 1.54) is 17.4 Å². The minimum Gasteiger partial charge on any atom is -0.351 e. The number of hydrogen-bond donors (Lipinski definition) is 1. The topological polar surface area (TPSA) is 65.8 Å². The average molecular weight is 317 g/mol. The summed E-state index contributed by atoms with van der Waals surface area (Å²) in [6, 6.07) is 5.91. The zero-order chi connectivity index (χ0) is 15.1. The number of amides is 1. The summed E-state index contributed by atoms with van der Waals surface area (Å²) >= 11 is 3.12. The zero-order valence-corrected chi connectivity index (χ0v) is 13.3. The monoisotopic (exact) mass is 317 g/mol. The highest BCUT2D eigenvalue weighted by Crippen LogP contribution is 2.28. The molecule has 0 saturated carbocycles. The number of thiophene rings is 1. The molecule has 2 rings (SSSR count). The number of thiazole rings is 1. The van der Waals surface area contributed by atoms with E-state index in [-0.39, 0.29) is 11.5 Å². The standard InChI is InChI=1S/C15H15N3OS2/c1-2-3-6-17-14(19)11(9-16)8-12-10-21-15(18-12)13-5-4-7-20-13/h4-5,7-8,10H,2-3,6H2,1H3,(H,17,19)/b11-8-. The SMILES string of the molecule is CCCCNC(=O)/C(C#N)=C\c1csc(-c2cccs2)n1. The first-order chi connectivity index (χ1) is 10.2. The van der Waals surface area contributed by atoms with Crippen molar-refractivity contribution in [3.8, 4) is 16.0 Å². The lowest BCUT2D eigenvalue weighted by molar-refractivity contribution is -0.117. The summed E-state index contributed by atoms with van der Waals surface area (Å²) in [5.41, 5.74) is 0.736. The van der Waals surface area contributed by atoms with Crippen molar-refractivity contribution >= 4 is 34.7 Å². The molecule has 0 aliphatic carbocycles. The lowest BCUT2D eigenvalue weighted by atomic mass is 10.2. The van der Waals surface area contributed by atoms with E-state index in [9.17, 15) is 4.79 Å². The van der Waals surface area contributed by atoms with Crippen molar-refractivity contribution in [1.29, 1.82) is 5.26 Å². The molecule has 0 spiro atoms. The molecule has 6 heteroatoms. The highest BCUT2D eigenvalue weighted by atomic mass is 32.1. The molecule has 0 aromatic carbocycles. The third kappa shape index (κ3) is 4.25. The fraction of sp³-hybridized carbons (Fsp3) is 0.267. The highest BCUT2D eigenvalue weighted by Gasteiger charge is 2.10. The minimum absolute atomic E-state index is 0.0918. The summed E-state index contributed by atoms with van der Waals surface area (Å²) in [7, 11) is 0. The Morgan fingerprint density at radius 2 is 2.38 bits per heavy atom. The number of nitrogens with zero attached hydrogens (tertiary/aromatic N) is 2. The molecule has 21 heavy (non-hydrogen) atoms. The summed E-state index contributed by atoms with van der Waals surface area (Å²) < 4.78 is 0. The molecule has 108 valence electrons. The van der Waals surface area contributed by atoms with E-state index < -0.39 is 0 Å². The molecule has 2 aromatic heterocycles. The molecule has 0 radical (unpaired) electrons. The maximum absolute atomic E-state index is 11.9. The van der Waals surface area contributed by atoms with Crippen LogP contribution in [0, 0.1) is 11.3 Å². The number of nitrogens with one attached hydrogen (secondary N) is 1. The Labute approximate surface area is 131 Å². The quantitative estimate of drug-likeness (QED) is 0.502. The van der Waals surface area contributed by atoms with Crippen LogP contribution in [0.2, 0.25) is 0 Å². The fourth-order valence-corrected chi connectivity index (χ4v) is 3.23. The number of hydrogen-bond acceptors (Lipinski definition) is 5. The molecule has 0 aliphatic rings. The van der Waals surface area contributed by atoms with E-state index in [1.54, 1.807) is 11.3 Å². The van der Waals surface area contributed by atoms with Gasteiger partial charge in [0.25, 0.3) is 5.91 Å². The molecule has 0 aliphatic heterocycles. The van der Waals surface area contributed by atoms with E-state index >= 15 is 0 Å². The summed E-state index contributed by atoms with van der Waals surface area (Å²) in [5, 5.41) is 16.6. The molecule has 2 aromatic rings. The summed E-state index contributed by atoms with van der Waals surface area (Å²) in [5.74, 6) is -0.336. The van der Waals surface area contributed by atoms with Gasteiger partial charge in [-0.3, -0.25) is 4.79 Å². The van der Waals surface area contributed by atoms with Crippen LogP contribution in [0.5, 0.6) is 0 Å². The van der Waals surface area contributed by atoms with Crippen LogP contribution in [0.25, 0.3) is 16.0 Å². The third-order valence-corrected chi connectivity index (χ3v) is 4.63. The Morgan fingerprint density at radius 3 is 3.05 bits per heavy atom. The number of nitriles is 1. The van der Waals surface area contributed by atoms with Crippen LogP contribution in [0.4, 0.5) is 0 Å². The lowest BCUT2D eigenvalue weighted by Gasteiger charge is -2.01. The number of carbonyl (C=O) groups is 1. The van der Waals surface area contributed by atoms with E-state index in [1.807, 2.05) is 29.0 Å². The van der Waals surface area contributed by atoms with Gasteiger partial charge in [-0.15, -0.1) is 22.7 Å². The van der Waals surface area contributed by atoms with E-state index in [0.29, 0.717) is 12.2 Å². The van der Waals surface area contributed by atoms with Gasteiger partial charge in [0.2, 0.25) is 0 Å². The first-order valence-corrected chi connectivity index (χ1v) is 8.40. The van der Waals surface area contributed by atoms with Gasteiger partial charge >= 0.3 is 0 Å². The molecule has 4 nitrogen and oxygen atoms in total. The zero-order valence-electron chi connectivity index (χ0n) is 11.6. The Balaban J connectivity index is 2.10. The molecule has 0 saturated heterocycles. The van der Waals surface area contributed by atoms with Crippen LogP contribution >= 0.6 is 22.7 Å². The van der Waals surface area contributed by atoms with E-state index in [2.05, 4.69) is 17.2 Å². The summed E-state index contributed by atoms with van der Waals surface area (Å²) in [6.45, 7) is 2.64. The molecule has 1 N–H and O–H groups in total. The van der Waals surface area contributed by atoms with Gasteiger partial charge in [-0.05, 0) is 23.9 Å². The van der Waals surface area contributed by atoms with Crippen molar-refractivity contribution in [2.75, 3.05) is 6.54 Å². The average Bonchev–Trinajstić information content (AvgIpc) is 3.15. The minimum atomic E-state index is -0.336. The van der Waals surface area contributed by atoms with Crippen LogP contribution < -0.4 is 5.32 Å². The highest BCUT2D eigenvalue weighted by molar-refractivity contribution is 7.20. The molecular weight excluding hydrogens is 302 g/mol. The number of rotatable bonds is 6. The molecule has 2 heterocycles. The van der Waals surface area contributed by atoms with Gasteiger partial charge in [0.15, 0.2) is 0 Å². The molecule has 1 amide bonds. The van der Waals surface area contributed by atoms with Crippen molar-refractivity contribution in [1.82, 2.24) is 10.3 Å². The van der Waals surface area contributed by atoms with Crippen molar-refractivity contribution in [3.63, 3.8) is 0 Å². The maximum Gasteiger partial charge on any atom is 0.262 e. The van der Waals surface area contributed by atoms with E-state index in [4.69, 9.17) is 5.26 Å². The lowest BCUT2D eigenvalue weighted by Crippen LogP contribution is -2.25. The smallest absolute Gasteiger partial charge is 0.262 e. The molecule has 0 atom stereocenters. The summed E-state index contributed by atoms with van der Waals surface area (Å²) in [6.07, 6.45) is 3.45. The maximum atomic E-state index is 11.9. The second-order valence-electron chi connectivity index (χ2n) is 4.33. The number of aromatic nitrogens is 1. The van der Waals surface area contributed by atoms with Crippen molar-refractivity contribution in [2.24, 2.45) is 0 Å². The van der Waals surface area contributed by atoms with Crippen LogP contribution in [0.15, 0.2) is 28.5 Å². The normalized spacial score (nSPS) is 11.1. The summed E-state index contributed by atoms with van der Waals surface area (Å²) in [4.78, 5) is 17.4. The predicted octanol–water partition coefficient (Wildman–Crippen LogP) is 3.69. The predicted molar refractivity (Wildman–Crippen MR) is 86.9 cm³/mol. The largest absolute Gasteiger partial charge is 0.351 e. The Hall–Kier alpha value is -1.97. The first kappa shape index (κ1) is 15.4. The van der Waals surface area contributed by atoms with Crippen LogP contribution in [-0.2, 0) is 4.79 Å². The van der Waals surface area contributed by atoms with Gasteiger partial charge in [-0.1, -0.05) is 19.4 Å². The number of unbranched alkanes of at least 4 members (excludes halogenated alkanes) is 1. The molecule has 0 bridgehead atoms. The second kappa shape index (κ2) is 7.72. The van der Waals surface area contributed by atoms with Gasteiger partial charge in [0.05, 0.1) is 10.6 Å². The second-order valence-corrected chi connectivity index (χ2v) is 6.14. The fourth-order valence-electron chi connectivity index (χ4n) is 1.64. The van der Waals surface area contributed by atoms with Crippen molar-refractivity contribution in [2.45, 2.75) is 19.8 Å². The first-order valence-electron chi connectivity index (χ1n) is 6.64. The van der Waals surface area contributed by atoms with Gasteiger partial charge in [0, 0.05) is 11.9 Å². The van der Waals surface area contributed by atoms with Gasteiger partial charge in [-0.2, -0.15) is 5.26 Å². The molecule has 0 unspecified atom stereocenters. The van der Waals surface area contributed by atoms with Gasteiger partial charge in [0.1, 0.15) is 16.6 Å². The van der Waals surface area contributed by atoms with Gasteiger partial charge in [-0.25, -0.2) is 4.98 Å². The van der Waals surface area contributed by atoms with E-state index in [0.717, 1.165) is 22.7 Å². The van der Waals surface area contributed by atoms with Gasteiger partial charge < -0.3 is 5.32 Å². The van der Waals surface area contributed by atoms with Crippen molar-refractivity contribution in [3.05, 3.63) is 34.2 Å². The van der Waals surface area contributed by atoms with Crippen LogP contribution in [-0.4, -0.2) is 17.4 Å². The van der Waals surface area contributed by atoms with Crippen LogP contribution in [0.3, 0.4) is 0 Å². The Kier molecular flexibility index (Phi) is 5.67. The number of carbonyl (C=O) groups excluding carboxylic acids is 1. The Bertz CT molecular complexity index is 665. The van der Waals surface area contributed by atoms with Crippen molar-refractivity contribution < 1.29 is 4.79 Å². The third-order valence-electron chi connectivity index (χ3n) is 2.73. The van der Waals surface area contributed by atoms with Crippen LogP contribution in [0.1, 0.15) is 25.5 Å². The molecular formula is C15H15N3OS2. The molecule has 0 fully saturated rings.